The molecule has 0 amide bonds. The molecule has 0 saturated carbocycles. The van der Waals surface area contributed by atoms with Crippen molar-refractivity contribution in [3.63, 3.8) is 0 Å². The SMILES string of the molecule is C[C@@H]1CN(c2ncnc3c2[nH]c2ccc(F)cc23)C[C@@H](C)O1. The number of aromatic nitrogens is 3. The molecule has 1 fully saturated rings. The lowest BCUT2D eigenvalue weighted by Gasteiger charge is -2.36. The average Bonchev–Trinajstić information content (AvgIpc) is 2.84. The number of benzene rings is 1. The van der Waals surface area contributed by atoms with Gasteiger partial charge >= 0.3 is 0 Å². The standard InChI is InChI=1S/C16H17FN4O/c1-9-6-21(7-10(2)22-9)16-15-14(18-8-19-16)12-5-11(17)3-4-13(12)20-15/h3-5,8-10,20H,6-7H2,1-2H3/t9-,10-/m1/s1. The number of morpholine rings is 1. The van der Waals surface area contributed by atoms with E-state index in [1.54, 1.807) is 12.4 Å². The van der Waals surface area contributed by atoms with Crippen LogP contribution < -0.4 is 4.90 Å². The third kappa shape index (κ3) is 2.11. The van der Waals surface area contributed by atoms with Gasteiger partial charge in [0.05, 0.1) is 12.2 Å². The number of nitrogens with zero attached hydrogens (tertiary/aromatic N) is 3. The Balaban J connectivity index is 1.89. The second kappa shape index (κ2) is 4.91. The minimum Gasteiger partial charge on any atom is -0.372 e. The van der Waals surface area contributed by atoms with E-state index in [1.807, 2.05) is 0 Å². The first-order chi connectivity index (χ1) is 10.6. The summed E-state index contributed by atoms with van der Waals surface area (Å²) >= 11 is 0. The van der Waals surface area contributed by atoms with Gasteiger partial charge in [0, 0.05) is 24.0 Å². The number of H-pyrrole nitrogens is 1. The Morgan fingerprint density at radius 1 is 1.23 bits per heavy atom. The molecule has 0 aliphatic carbocycles. The van der Waals surface area contributed by atoms with E-state index in [0.717, 1.165) is 40.8 Å². The zero-order valence-electron chi connectivity index (χ0n) is 12.5. The van der Waals surface area contributed by atoms with E-state index in [4.69, 9.17) is 4.74 Å². The van der Waals surface area contributed by atoms with E-state index < -0.39 is 0 Å². The number of fused-ring (bicyclic) bond motifs is 3. The minimum atomic E-state index is -0.262. The number of hydrogen-bond acceptors (Lipinski definition) is 4. The van der Waals surface area contributed by atoms with Crippen molar-refractivity contribution in [3.8, 4) is 0 Å². The molecule has 6 heteroatoms. The van der Waals surface area contributed by atoms with Crippen LogP contribution in [0.1, 0.15) is 13.8 Å². The highest BCUT2D eigenvalue weighted by molar-refractivity contribution is 6.08. The van der Waals surface area contributed by atoms with Gasteiger partial charge in [0.2, 0.25) is 0 Å². The van der Waals surface area contributed by atoms with E-state index in [1.165, 1.54) is 12.1 Å². The highest BCUT2D eigenvalue weighted by Crippen LogP contribution is 2.30. The van der Waals surface area contributed by atoms with E-state index >= 15 is 0 Å². The Morgan fingerprint density at radius 2 is 2.00 bits per heavy atom. The van der Waals surface area contributed by atoms with Crippen molar-refractivity contribution in [2.45, 2.75) is 26.1 Å². The molecule has 2 aromatic heterocycles. The monoisotopic (exact) mass is 300 g/mol. The summed E-state index contributed by atoms with van der Waals surface area (Å²) in [5, 5.41) is 0.785. The molecule has 1 aliphatic heterocycles. The molecule has 22 heavy (non-hydrogen) atoms. The summed E-state index contributed by atoms with van der Waals surface area (Å²) in [6.07, 6.45) is 1.84. The van der Waals surface area contributed by atoms with Crippen LogP contribution in [0.5, 0.6) is 0 Å². The van der Waals surface area contributed by atoms with Crippen LogP contribution in [0, 0.1) is 5.82 Å². The zero-order chi connectivity index (χ0) is 15.3. The van der Waals surface area contributed by atoms with E-state index in [-0.39, 0.29) is 18.0 Å². The molecule has 0 radical (unpaired) electrons. The fourth-order valence-electron chi connectivity index (χ4n) is 3.24. The van der Waals surface area contributed by atoms with E-state index in [0.29, 0.717) is 0 Å². The molecule has 0 unspecified atom stereocenters. The average molecular weight is 300 g/mol. The lowest BCUT2D eigenvalue weighted by atomic mass is 10.2. The third-order valence-corrected chi connectivity index (χ3v) is 4.04. The summed E-state index contributed by atoms with van der Waals surface area (Å²) in [5.41, 5.74) is 2.48. The first-order valence-corrected chi connectivity index (χ1v) is 7.44. The van der Waals surface area contributed by atoms with Crippen molar-refractivity contribution < 1.29 is 9.13 Å². The van der Waals surface area contributed by atoms with Gasteiger partial charge in [-0.3, -0.25) is 0 Å². The lowest BCUT2D eigenvalue weighted by molar-refractivity contribution is -0.00537. The maximum atomic E-state index is 13.5. The molecule has 4 rings (SSSR count). The molecule has 0 spiro atoms. The van der Waals surface area contributed by atoms with Crippen molar-refractivity contribution >= 4 is 27.8 Å². The van der Waals surface area contributed by atoms with Gasteiger partial charge in [-0.2, -0.15) is 0 Å². The van der Waals surface area contributed by atoms with Gasteiger partial charge in [-0.05, 0) is 32.0 Å². The van der Waals surface area contributed by atoms with Gasteiger partial charge in [-0.25, -0.2) is 14.4 Å². The predicted octanol–water partition coefficient (Wildman–Crippen LogP) is 2.86. The molecule has 1 aliphatic rings. The molecule has 1 N–H and O–H groups in total. The first-order valence-electron chi connectivity index (χ1n) is 7.44. The Bertz CT molecular complexity index is 837. The number of anilines is 1. The third-order valence-electron chi connectivity index (χ3n) is 4.04. The second-order valence-electron chi connectivity index (χ2n) is 5.90. The quantitative estimate of drug-likeness (QED) is 0.751. The molecule has 5 nitrogen and oxygen atoms in total. The van der Waals surface area contributed by atoms with Crippen molar-refractivity contribution in [1.82, 2.24) is 15.0 Å². The van der Waals surface area contributed by atoms with Crippen molar-refractivity contribution in [2.75, 3.05) is 18.0 Å². The molecule has 1 aromatic carbocycles. The highest BCUT2D eigenvalue weighted by atomic mass is 19.1. The maximum absolute atomic E-state index is 13.5. The van der Waals surface area contributed by atoms with Gasteiger partial charge in [-0.15, -0.1) is 0 Å². The Hall–Kier alpha value is -2.21. The van der Waals surface area contributed by atoms with Crippen LogP contribution in [0.2, 0.25) is 0 Å². The van der Waals surface area contributed by atoms with Crippen molar-refractivity contribution in [1.29, 1.82) is 0 Å². The fraction of sp³-hybridized carbons (Fsp3) is 0.375. The molecular formula is C16H17FN4O. The number of nitrogens with one attached hydrogen (secondary N) is 1. The number of ether oxygens (including phenoxy) is 1. The fourth-order valence-corrected chi connectivity index (χ4v) is 3.24. The molecule has 3 heterocycles. The van der Waals surface area contributed by atoms with Crippen LogP contribution in [0.3, 0.4) is 0 Å². The van der Waals surface area contributed by atoms with Gasteiger partial charge in [-0.1, -0.05) is 0 Å². The largest absolute Gasteiger partial charge is 0.372 e. The summed E-state index contributed by atoms with van der Waals surface area (Å²) < 4.78 is 19.3. The summed E-state index contributed by atoms with van der Waals surface area (Å²) in [6.45, 7) is 5.67. The van der Waals surface area contributed by atoms with Crippen LogP contribution in [-0.4, -0.2) is 40.2 Å². The van der Waals surface area contributed by atoms with Crippen LogP contribution in [0.15, 0.2) is 24.5 Å². The summed E-state index contributed by atoms with van der Waals surface area (Å²) in [5.74, 6) is 0.589. The van der Waals surface area contributed by atoms with E-state index in [2.05, 4.69) is 33.7 Å². The van der Waals surface area contributed by atoms with Crippen molar-refractivity contribution in [3.05, 3.63) is 30.3 Å². The van der Waals surface area contributed by atoms with Crippen LogP contribution >= 0.6 is 0 Å². The minimum absolute atomic E-state index is 0.149. The summed E-state index contributed by atoms with van der Waals surface area (Å²) in [7, 11) is 0. The van der Waals surface area contributed by atoms with Gasteiger partial charge in [0.25, 0.3) is 0 Å². The molecule has 2 atom stereocenters. The second-order valence-corrected chi connectivity index (χ2v) is 5.90. The van der Waals surface area contributed by atoms with Gasteiger partial charge in [0.1, 0.15) is 23.2 Å². The summed E-state index contributed by atoms with van der Waals surface area (Å²) in [4.78, 5) is 14.3. The molecule has 3 aromatic rings. The number of rotatable bonds is 1. The van der Waals surface area contributed by atoms with E-state index in [9.17, 15) is 4.39 Å². The topological polar surface area (TPSA) is 54.0 Å². The normalized spacial score (nSPS) is 22.6. The lowest BCUT2D eigenvalue weighted by Crippen LogP contribution is -2.46. The first kappa shape index (κ1) is 13.5. The predicted molar refractivity (Wildman–Crippen MR) is 83.6 cm³/mol. The number of aromatic amines is 1. The molecule has 1 saturated heterocycles. The Kier molecular flexibility index (Phi) is 3.00. The van der Waals surface area contributed by atoms with Gasteiger partial charge < -0.3 is 14.6 Å². The smallest absolute Gasteiger partial charge is 0.156 e. The Morgan fingerprint density at radius 3 is 2.77 bits per heavy atom. The number of halogens is 1. The maximum Gasteiger partial charge on any atom is 0.156 e. The Labute approximate surface area is 127 Å². The summed E-state index contributed by atoms with van der Waals surface area (Å²) in [6, 6.07) is 4.69. The number of hydrogen-bond donors (Lipinski definition) is 1. The molecule has 114 valence electrons. The van der Waals surface area contributed by atoms with Crippen molar-refractivity contribution in [2.24, 2.45) is 0 Å². The van der Waals surface area contributed by atoms with Gasteiger partial charge in [0.15, 0.2) is 5.82 Å². The van der Waals surface area contributed by atoms with Crippen LogP contribution in [0.25, 0.3) is 21.9 Å². The molecular weight excluding hydrogens is 283 g/mol. The zero-order valence-corrected chi connectivity index (χ0v) is 12.5. The van der Waals surface area contributed by atoms with Crippen LogP contribution in [-0.2, 0) is 4.74 Å². The van der Waals surface area contributed by atoms with Crippen LogP contribution in [0.4, 0.5) is 10.2 Å². The highest BCUT2D eigenvalue weighted by Gasteiger charge is 2.25. The molecule has 0 bridgehead atoms.